The van der Waals surface area contributed by atoms with Crippen molar-refractivity contribution in [1.82, 2.24) is 4.98 Å². The van der Waals surface area contributed by atoms with Gasteiger partial charge in [0.1, 0.15) is 5.82 Å². The van der Waals surface area contributed by atoms with Crippen LogP contribution in [0.5, 0.6) is 0 Å². The molecule has 2 nitrogen and oxygen atoms in total. The molecule has 1 unspecified atom stereocenters. The van der Waals surface area contributed by atoms with Gasteiger partial charge in [-0.25, -0.2) is 9.37 Å². The van der Waals surface area contributed by atoms with Gasteiger partial charge in [-0.15, -0.1) is 11.3 Å². The fourth-order valence-corrected chi connectivity index (χ4v) is 2.58. The van der Waals surface area contributed by atoms with E-state index in [1.165, 1.54) is 17.4 Å². The van der Waals surface area contributed by atoms with Gasteiger partial charge in [0.05, 0.1) is 10.6 Å². The van der Waals surface area contributed by atoms with E-state index in [2.05, 4.69) is 4.98 Å². The number of hydrogen-bond donors (Lipinski definition) is 1. The maximum atomic E-state index is 13.5. The van der Waals surface area contributed by atoms with Crippen molar-refractivity contribution in [2.24, 2.45) is 0 Å². The van der Waals surface area contributed by atoms with Crippen LogP contribution < -0.4 is 0 Å². The van der Waals surface area contributed by atoms with Crippen molar-refractivity contribution in [2.45, 2.75) is 25.4 Å². The topological polar surface area (TPSA) is 33.1 Å². The molecule has 0 aliphatic rings. The van der Waals surface area contributed by atoms with Crippen molar-refractivity contribution < 1.29 is 9.50 Å². The Hall–Kier alpha value is -1.26. The molecule has 90 valence electrons. The van der Waals surface area contributed by atoms with Crippen LogP contribution in [0.15, 0.2) is 35.8 Å². The van der Waals surface area contributed by atoms with E-state index in [1.807, 2.05) is 5.38 Å². The van der Waals surface area contributed by atoms with Crippen molar-refractivity contribution in [2.75, 3.05) is 0 Å². The maximum Gasteiger partial charge on any atom is 0.126 e. The number of hydrogen-bond acceptors (Lipinski definition) is 3. The molecule has 0 spiro atoms. The van der Waals surface area contributed by atoms with E-state index in [0.29, 0.717) is 18.4 Å². The number of rotatable bonds is 4. The number of nitrogens with zero attached hydrogens (tertiary/aromatic N) is 1. The Morgan fingerprint density at radius 2 is 2.12 bits per heavy atom. The summed E-state index contributed by atoms with van der Waals surface area (Å²) in [6, 6.07) is 6.53. The first-order valence-electron chi connectivity index (χ1n) is 5.41. The molecule has 0 radical (unpaired) electrons. The predicted octanol–water partition coefficient (Wildman–Crippen LogP) is 2.82. The smallest absolute Gasteiger partial charge is 0.126 e. The van der Waals surface area contributed by atoms with Crippen LogP contribution in [0.2, 0.25) is 0 Å². The largest absolute Gasteiger partial charge is 0.389 e. The second-order valence-corrected chi connectivity index (χ2v) is 5.35. The molecule has 1 atom stereocenters. The van der Waals surface area contributed by atoms with Gasteiger partial charge in [0.2, 0.25) is 0 Å². The van der Waals surface area contributed by atoms with Crippen molar-refractivity contribution >= 4 is 11.3 Å². The van der Waals surface area contributed by atoms with E-state index in [4.69, 9.17) is 0 Å². The molecule has 1 aromatic heterocycles. The van der Waals surface area contributed by atoms with Gasteiger partial charge in [-0.2, -0.15) is 0 Å². The Morgan fingerprint density at radius 3 is 2.76 bits per heavy atom. The predicted molar refractivity (Wildman–Crippen MR) is 66.5 cm³/mol. The van der Waals surface area contributed by atoms with Gasteiger partial charge in [-0.1, -0.05) is 18.2 Å². The monoisotopic (exact) mass is 251 g/mol. The molecule has 0 saturated heterocycles. The summed E-state index contributed by atoms with van der Waals surface area (Å²) in [4.78, 5) is 4.13. The first-order chi connectivity index (χ1) is 8.07. The fraction of sp³-hybridized carbons (Fsp3) is 0.308. The minimum Gasteiger partial charge on any atom is -0.389 e. The molecule has 0 aliphatic carbocycles. The molecular weight excluding hydrogens is 237 g/mol. The zero-order chi connectivity index (χ0) is 12.3. The molecule has 2 aromatic rings. The van der Waals surface area contributed by atoms with Crippen LogP contribution in [-0.2, 0) is 12.8 Å². The minimum absolute atomic E-state index is 0.271. The molecule has 1 N–H and O–H groups in total. The van der Waals surface area contributed by atoms with Gasteiger partial charge in [0.15, 0.2) is 0 Å². The summed E-state index contributed by atoms with van der Waals surface area (Å²) in [7, 11) is 0. The number of aliphatic hydroxyl groups is 1. The summed E-state index contributed by atoms with van der Waals surface area (Å²) in [5.74, 6) is -0.271. The highest BCUT2D eigenvalue weighted by Crippen LogP contribution is 2.21. The molecule has 0 saturated carbocycles. The zero-order valence-electron chi connectivity index (χ0n) is 9.56. The zero-order valence-corrected chi connectivity index (χ0v) is 10.4. The third kappa shape index (κ3) is 3.35. The number of benzene rings is 1. The van der Waals surface area contributed by atoms with Gasteiger partial charge in [-0.05, 0) is 18.6 Å². The fourth-order valence-electron chi connectivity index (χ4n) is 1.78. The van der Waals surface area contributed by atoms with Gasteiger partial charge >= 0.3 is 0 Å². The molecule has 17 heavy (non-hydrogen) atoms. The van der Waals surface area contributed by atoms with Crippen LogP contribution in [0.25, 0.3) is 0 Å². The lowest BCUT2D eigenvalue weighted by Gasteiger charge is -2.22. The standard InChI is InChI=1S/C13H14FNOS/c1-13(16,9-12-15-6-7-17-12)8-10-4-2-3-5-11(10)14/h2-7,16H,8-9H2,1H3. The summed E-state index contributed by atoms with van der Waals surface area (Å²) < 4.78 is 13.5. The van der Waals surface area contributed by atoms with Crippen LogP contribution in [0, 0.1) is 5.82 Å². The average molecular weight is 251 g/mol. The van der Waals surface area contributed by atoms with Crippen LogP contribution in [-0.4, -0.2) is 15.7 Å². The van der Waals surface area contributed by atoms with Crippen LogP contribution in [0.3, 0.4) is 0 Å². The van der Waals surface area contributed by atoms with E-state index < -0.39 is 5.60 Å². The Balaban J connectivity index is 2.09. The molecule has 2 rings (SSSR count). The van der Waals surface area contributed by atoms with Gasteiger partial charge in [0, 0.05) is 24.4 Å². The summed E-state index contributed by atoms with van der Waals surface area (Å²) in [5.41, 5.74) is -0.436. The molecule has 0 aliphatic heterocycles. The summed E-state index contributed by atoms with van der Waals surface area (Å²) >= 11 is 1.50. The third-order valence-corrected chi connectivity index (χ3v) is 3.32. The first kappa shape index (κ1) is 12.2. The van der Waals surface area contributed by atoms with Gasteiger partial charge < -0.3 is 5.11 Å². The summed E-state index contributed by atoms with van der Waals surface area (Å²) in [5, 5.41) is 13.0. The highest BCUT2D eigenvalue weighted by molar-refractivity contribution is 7.09. The Labute approximate surface area is 104 Å². The van der Waals surface area contributed by atoms with Crippen molar-refractivity contribution in [3.63, 3.8) is 0 Å². The van der Waals surface area contributed by atoms with E-state index in [9.17, 15) is 9.50 Å². The lowest BCUT2D eigenvalue weighted by Crippen LogP contribution is -2.30. The van der Waals surface area contributed by atoms with E-state index in [0.717, 1.165) is 5.01 Å². The molecule has 1 heterocycles. The van der Waals surface area contributed by atoms with Gasteiger partial charge in [-0.3, -0.25) is 0 Å². The van der Waals surface area contributed by atoms with E-state index in [1.54, 1.807) is 31.3 Å². The minimum atomic E-state index is -0.972. The number of aromatic nitrogens is 1. The Morgan fingerprint density at radius 1 is 1.35 bits per heavy atom. The maximum absolute atomic E-state index is 13.5. The van der Waals surface area contributed by atoms with Crippen LogP contribution >= 0.6 is 11.3 Å². The number of halogens is 1. The SMILES string of the molecule is CC(O)(Cc1nccs1)Cc1ccccc1F. The van der Waals surface area contributed by atoms with Crippen LogP contribution in [0.4, 0.5) is 4.39 Å². The van der Waals surface area contributed by atoms with Crippen molar-refractivity contribution in [3.8, 4) is 0 Å². The van der Waals surface area contributed by atoms with E-state index >= 15 is 0 Å². The second-order valence-electron chi connectivity index (χ2n) is 4.37. The first-order valence-corrected chi connectivity index (χ1v) is 6.29. The van der Waals surface area contributed by atoms with Gasteiger partial charge in [0.25, 0.3) is 0 Å². The molecule has 4 heteroatoms. The van der Waals surface area contributed by atoms with Crippen LogP contribution in [0.1, 0.15) is 17.5 Å². The van der Waals surface area contributed by atoms with E-state index in [-0.39, 0.29) is 5.82 Å². The average Bonchev–Trinajstić information content (AvgIpc) is 2.73. The Kier molecular flexibility index (Phi) is 3.54. The Bertz CT molecular complexity index is 482. The molecular formula is C13H14FNOS. The summed E-state index contributed by atoms with van der Waals surface area (Å²) in [6.45, 7) is 1.71. The summed E-state index contributed by atoms with van der Waals surface area (Å²) in [6.07, 6.45) is 2.44. The normalized spacial score (nSPS) is 14.5. The lowest BCUT2D eigenvalue weighted by molar-refractivity contribution is 0.0599. The molecule has 1 aromatic carbocycles. The quantitative estimate of drug-likeness (QED) is 0.906. The van der Waals surface area contributed by atoms with Crippen molar-refractivity contribution in [1.29, 1.82) is 0 Å². The molecule has 0 fully saturated rings. The molecule has 0 bridgehead atoms. The second kappa shape index (κ2) is 4.94. The highest BCUT2D eigenvalue weighted by Gasteiger charge is 2.24. The highest BCUT2D eigenvalue weighted by atomic mass is 32.1. The molecule has 0 amide bonds. The number of thiazole rings is 1. The third-order valence-electron chi connectivity index (χ3n) is 2.54. The van der Waals surface area contributed by atoms with Crippen molar-refractivity contribution in [3.05, 3.63) is 52.2 Å². The lowest BCUT2D eigenvalue weighted by atomic mass is 9.93.